The number of rotatable bonds is 7. The van der Waals surface area contributed by atoms with Crippen LogP contribution in [-0.2, 0) is 11.3 Å². The molecule has 0 aliphatic rings. The topological polar surface area (TPSA) is 80.6 Å². The third-order valence-electron chi connectivity index (χ3n) is 3.93. The number of furan rings is 1. The van der Waals surface area contributed by atoms with Crippen LogP contribution in [0.15, 0.2) is 65.1 Å². The van der Waals surface area contributed by atoms with Crippen molar-refractivity contribution in [2.24, 2.45) is 0 Å². The van der Waals surface area contributed by atoms with E-state index in [1.165, 1.54) is 24.3 Å². The molecular formula is C22H21FN2O4. The van der Waals surface area contributed by atoms with Crippen LogP contribution in [0.5, 0.6) is 0 Å². The number of nitrogens with one attached hydrogen (secondary N) is 2. The molecule has 0 aliphatic carbocycles. The fraction of sp³-hybridized carbons (Fsp3) is 0.182. The summed E-state index contributed by atoms with van der Waals surface area (Å²) in [5.74, 6) is -0.585. The molecule has 150 valence electrons. The van der Waals surface area contributed by atoms with Gasteiger partial charge < -0.3 is 19.8 Å². The van der Waals surface area contributed by atoms with Gasteiger partial charge in [-0.05, 0) is 62.4 Å². The summed E-state index contributed by atoms with van der Waals surface area (Å²) in [6.07, 6.45) is -0.235. The van der Waals surface area contributed by atoms with Gasteiger partial charge in [0.05, 0.1) is 18.2 Å². The highest BCUT2D eigenvalue weighted by Gasteiger charge is 2.15. The van der Waals surface area contributed by atoms with Crippen LogP contribution >= 0.6 is 0 Å². The van der Waals surface area contributed by atoms with Gasteiger partial charge in [0.25, 0.3) is 5.91 Å². The van der Waals surface area contributed by atoms with Crippen LogP contribution in [0.1, 0.15) is 40.5 Å². The van der Waals surface area contributed by atoms with Crippen molar-refractivity contribution in [1.82, 2.24) is 0 Å². The van der Waals surface area contributed by atoms with Crippen molar-refractivity contribution in [3.63, 3.8) is 0 Å². The first-order valence-corrected chi connectivity index (χ1v) is 9.12. The Morgan fingerprint density at radius 3 is 2.48 bits per heavy atom. The van der Waals surface area contributed by atoms with E-state index in [9.17, 15) is 14.0 Å². The molecule has 0 unspecified atom stereocenters. The smallest absolute Gasteiger partial charge is 0.374 e. The number of amides is 1. The molecule has 7 heteroatoms. The second-order valence-electron chi connectivity index (χ2n) is 6.58. The number of carbonyl (C=O) groups is 2. The summed E-state index contributed by atoms with van der Waals surface area (Å²) in [6, 6.07) is 15.7. The van der Waals surface area contributed by atoms with Crippen LogP contribution in [0, 0.1) is 5.82 Å². The lowest BCUT2D eigenvalue weighted by molar-refractivity contribution is 0.0339. The minimum Gasteiger partial charge on any atom is -0.457 e. The Morgan fingerprint density at radius 1 is 1.03 bits per heavy atom. The Labute approximate surface area is 167 Å². The SMILES string of the molecule is CC(C)OC(=O)c1ccc(CNc2ccccc2C(=O)Nc2ccc(F)cc2)o1. The van der Waals surface area contributed by atoms with Gasteiger partial charge in [-0.2, -0.15) is 0 Å². The molecule has 0 saturated heterocycles. The van der Waals surface area contributed by atoms with Crippen LogP contribution < -0.4 is 10.6 Å². The lowest BCUT2D eigenvalue weighted by Gasteiger charge is -2.11. The number of carbonyl (C=O) groups excluding carboxylic acids is 2. The maximum atomic E-state index is 13.0. The Morgan fingerprint density at radius 2 is 1.76 bits per heavy atom. The zero-order valence-corrected chi connectivity index (χ0v) is 16.1. The molecule has 2 N–H and O–H groups in total. The van der Waals surface area contributed by atoms with Crippen LogP contribution in [0.3, 0.4) is 0 Å². The van der Waals surface area contributed by atoms with E-state index >= 15 is 0 Å². The molecule has 0 radical (unpaired) electrons. The maximum Gasteiger partial charge on any atom is 0.374 e. The standard InChI is InChI=1S/C22H21FN2O4/c1-14(2)28-22(27)20-12-11-17(29-20)13-24-19-6-4-3-5-18(19)21(26)25-16-9-7-15(23)8-10-16/h3-12,14,24H,13H2,1-2H3,(H,25,26). The van der Waals surface area contributed by atoms with E-state index < -0.39 is 5.97 Å². The molecule has 1 aromatic heterocycles. The molecule has 29 heavy (non-hydrogen) atoms. The Bertz CT molecular complexity index is 996. The normalized spacial score (nSPS) is 10.6. The molecule has 1 heterocycles. The van der Waals surface area contributed by atoms with E-state index in [1.54, 1.807) is 50.2 Å². The van der Waals surface area contributed by atoms with E-state index in [4.69, 9.17) is 9.15 Å². The predicted molar refractivity (Wildman–Crippen MR) is 107 cm³/mol. The van der Waals surface area contributed by atoms with E-state index in [2.05, 4.69) is 10.6 Å². The second kappa shape index (κ2) is 9.05. The number of para-hydroxylation sites is 1. The van der Waals surface area contributed by atoms with Gasteiger partial charge in [0.1, 0.15) is 11.6 Å². The van der Waals surface area contributed by atoms with Crippen LogP contribution in [0.2, 0.25) is 0 Å². The lowest BCUT2D eigenvalue weighted by Crippen LogP contribution is -2.14. The third-order valence-corrected chi connectivity index (χ3v) is 3.93. The van der Waals surface area contributed by atoms with Crippen LogP contribution in [0.4, 0.5) is 15.8 Å². The largest absolute Gasteiger partial charge is 0.457 e. The van der Waals surface area contributed by atoms with Gasteiger partial charge in [-0.1, -0.05) is 12.1 Å². The Hall–Kier alpha value is -3.61. The number of benzene rings is 2. The molecule has 2 aromatic carbocycles. The monoisotopic (exact) mass is 396 g/mol. The summed E-state index contributed by atoms with van der Waals surface area (Å²) in [4.78, 5) is 24.5. The first-order chi connectivity index (χ1) is 13.9. The fourth-order valence-electron chi connectivity index (χ4n) is 2.60. The van der Waals surface area contributed by atoms with Crippen molar-refractivity contribution in [3.8, 4) is 0 Å². The average Bonchev–Trinajstić information content (AvgIpc) is 3.17. The molecule has 0 saturated carbocycles. The average molecular weight is 396 g/mol. The molecule has 0 spiro atoms. The third kappa shape index (κ3) is 5.44. The molecule has 0 aliphatic heterocycles. The van der Waals surface area contributed by atoms with Crippen molar-refractivity contribution in [2.45, 2.75) is 26.5 Å². The molecule has 6 nitrogen and oxygen atoms in total. The number of ether oxygens (including phenoxy) is 1. The van der Waals surface area contributed by atoms with Crippen molar-refractivity contribution in [3.05, 3.63) is 83.6 Å². The Kier molecular flexibility index (Phi) is 6.29. The summed E-state index contributed by atoms with van der Waals surface area (Å²) in [7, 11) is 0. The van der Waals surface area contributed by atoms with Gasteiger partial charge in [0, 0.05) is 11.4 Å². The minimum atomic E-state index is -0.523. The number of hydrogen-bond acceptors (Lipinski definition) is 5. The summed E-state index contributed by atoms with van der Waals surface area (Å²) < 4.78 is 23.6. The van der Waals surface area contributed by atoms with Gasteiger partial charge >= 0.3 is 5.97 Å². The van der Waals surface area contributed by atoms with E-state index in [1.807, 2.05) is 0 Å². The first kappa shape index (κ1) is 20.1. The highest BCUT2D eigenvalue weighted by atomic mass is 19.1. The quantitative estimate of drug-likeness (QED) is 0.558. The molecule has 3 aromatic rings. The minimum absolute atomic E-state index is 0.123. The van der Waals surface area contributed by atoms with E-state index in [0.717, 1.165) is 0 Å². The molecule has 1 amide bonds. The lowest BCUT2D eigenvalue weighted by atomic mass is 10.1. The number of halogens is 1. The molecule has 0 fully saturated rings. The van der Waals surface area contributed by atoms with Gasteiger partial charge in [-0.3, -0.25) is 4.79 Å². The summed E-state index contributed by atoms with van der Waals surface area (Å²) in [5.41, 5.74) is 1.50. The maximum absolute atomic E-state index is 13.0. The van der Waals surface area contributed by atoms with E-state index in [-0.39, 0.29) is 30.1 Å². The van der Waals surface area contributed by atoms with Crippen molar-refractivity contribution >= 4 is 23.3 Å². The van der Waals surface area contributed by atoms with Gasteiger partial charge in [-0.25, -0.2) is 9.18 Å². The number of hydrogen-bond donors (Lipinski definition) is 2. The highest BCUT2D eigenvalue weighted by Crippen LogP contribution is 2.19. The summed E-state index contributed by atoms with van der Waals surface area (Å²) >= 11 is 0. The summed E-state index contributed by atoms with van der Waals surface area (Å²) in [5, 5.41) is 5.86. The predicted octanol–water partition coefficient (Wildman–Crippen LogP) is 4.85. The van der Waals surface area contributed by atoms with E-state index in [0.29, 0.717) is 22.7 Å². The molecule has 3 rings (SSSR count). The van der Waals surface area contributed by atoms with Crippen molar-refractivity contribution in [1.29, 1.82) is 0 Å². The zero-order valence-electron chi connectivity index (χ0n) is 16.1. The molecule has 0 bridgehead atoms. The van der Waals surface area contributed by atoms with Crippen LogP contribution in [-0.4, -0.2) is 18.0 Å². The Balaban J connectivity index is 1.66. The summed E-state index contributed by atoms with van der Waals surface area (Å²) in [6.45, 7) is 3.80. The van der Waals surface area contributed by atoms with Gasteiger partial charge in [0.15, 0.2) is 0 Å². The van der Waals surface area contributed by atoms with Crippen molar-refractivity contribution in [2.75, 3.05) is 10.6 Å². The number of esters is 1. The highest BCUT2D eigenvalue weighted by molar-refractivity contribution is 6.08. The first-order valence-electron chi connectivity index (χ1n) is 9.12. The second-order valence-corrected chi connectivity index (χ2v) is 6.58. The zero-order chi connectivity index (χ0) is 20.8. The number of anilines is 2. The van der Waals surface area contributed by atoms with Gasteiger partial charge in [0.2, 0.25) is 5.76 Å². The fourth-order valence-corrected chi connectivity index (χ4v) is 2.60. The molecular weight excluding hydrogens is 375 g/mol. The van der Waals surface area contributed by atoms with Crippen LogP contribution in [0.25, 0.3) is 0 Å². The van der Waals surface area contributed by atoms with Gasteiger partial charge in [-0.15, -0.1) is 0 Å². The molecule has 0 atom stereocenters. The van der Waals surface area contributed by atoms with Crippen molar-refractivity contribution < 1.29 is 23.1 Å².